The third-order valence-electron chi connectivity index (χ3n) is 2.02. The number of alkyl halides is 4. The maximum Gasteiger partial charge on any atom is 0.430 e. The molecule has 0 aromatic rings. The van der Waals surface area contributed by atoms with Crippen LogP contribution in [0.15, 0.2) is 35.6 Å². The largest absolute Gasteiger partial charge is 0.463 e. The van der Waals surface area contributed by atoms with Gasteiger partial charge in [-0.05, 0) is 24.6 Å². The van der Waals surface area contributed by atoms with Crippen LogP contribution in [0.4, 0.5) is 13.2 Å². The number of carbonyl (C=O) groups excluding carboxylic acids is 1. The van der Waals surface area contributed by atoms with Crippen molar-refractivity contribution in [3.63, 3.8) is 0 Å². The number of rotatable bonds is 3. The van der Waals surface area contributed by atoms with E-state index >= 15 is 0 Å². The summed E-state index contributed by atoms with van der Waals surface area (Å²) in [5.74, 6) is -0.576. The van der Waals surface area contributed by atoms with E-state index in [0.717, 1.165) is 12.2 Å². The fraction of sp³-hybridized carbons (Fsp3) is 0.364. The molecule has 0 amide bonds. The van der Waals surface area contributed by atoms with Gasteiger partial charge in [-0.3, -0.25) is 0 Å². The Bertz CT molecular complexity index is 413. The van der Waals surface area contributed by atoms with Crippen molar-refractivity contribution in [1.29, 1.82) is 0 Å². The van der Waals surface area contributed by atoms with Crippen LogP contribution in [0.2, 0.25) is 0 Å². The SMILES string of the molecule is CCOC(=O)/C=C/C1=CC=C(C(F)(F)F)NC1Cl. The van der Waals surface area contributed by atoms with Crippen molar-refractivity contribution in [3.8, 4) is 0 Å². The molecule has 0 aliphatic carbocycles. The van der Waals surface area contributed by atoms with E-state index in [1.807, 2.05) is 0 Å². The molecule has 0 spiro atoms. The van der Waals surface area contributed by atoms with Crippen molar-refractivity contribution in [2.24, 2.45) is 0 Å². The zero-order chi connectivity index (χ0) is 13.8. The smallest absolute Gasteiger partial charge is 0.430 e. The number of allylic oxidation sites excluding steroid dienone is 3. The number of hydrogen-bond acceptors (Lipinski definition) is 3. The molecule has 0 saturated carbocycles. The monoisotopic (exact) mass is 281 g/mol. The maximum atomic E-state index is 12.3. The van der Waals surface area contributed by atoms with Gasteiger partial charge >= 0.3 is 12.1 Å². The fourth-order valence-corrected chi connectivity index (χ4v) is 1.47. The third kappa shape index (κ3) is 4.10. The van der Waals surface area contributed by atoms with E-state index in [1.54, 1.807) is 6.92 Å². The van der Waals surface area contributed by atoms with Crippen molar-refractivity contribution < 1.29 is 22.7 Å². The quantitative estimate of drug-likeness (QED) is 0.374. The Morgan fingerprint density at radius 1 is 1.56 bits per heavy atom. The lowest BCUT2D eigenvalue weighted by Gasteiger charge is -2.22. The van der Waals surface area contributed by atoms with Crippen LogP contribution >= 0.6 is 11.6 Å². The number of esters is 1. The number of nitrogens with one attached hydrogen (secondary N) is 1. The molecule has 0 aromatic carbocycles. The molecule has 1 rings (SSSR count). The Labute approximate surface area is 107 Å². The second kappa shape index (κ2) is 5.95. The number of carbonyl (C=O) groups is 1. The molecular weight excluding hydrogens is 271 g/mol. The number of halogens is 4. The average molecular weight is 282 g/mol. The lowest BCUT2D eigenvalue weighted by atomic mass is 10.1. The molecule has 0 fully saturated rings. The third-order valence-corrected chi connectivity index (χ3v) is 2.38. The van der Waals surface area contributed by atoms with Crippen LogP contribution in [0.1, 0.15) is 6.92 Å². The summed E-state index contributed by atoms with van der Waals surface area (Å²) >= 11 is 5.72. The highest BCUT2D eigenvalue weighted by Gasteiger charge is 2.36. The van der Waals surface area contributed by atoms with Crippen molar-refractivity contribution in [1.82, 2.24) is 5.32 Å². The van der Waals surface area contributed by atoms with E-state index in [9.17, 15) is 18.0 Å². The van der Waals surface area contributed by atoms with Gasteiger partial charge in [0.1, 0.15) is 11.2 Å². The van der Waals surface area contributed by atoms with Gasteiger partial charge in [-0.1, -0.05) is 17.7 Å². The molecule has 1 heterocycles. The minimum atomic E-state index is -4.47. The van der Waals surface area contributed by atoms with Crippen molar-refractivity contribution in [3.05, 3.63) is 35.6 Å². The van der Waals surface area contributed by atoms with Crippen LogP contribution in [0.5, 0.6) is 0 Å². The van der Waals surface area contributed by atoms with Gasteiger partial charge in [-0.2, -0.15) is 13.2 Å². The van der Waals surface area contributed by atoms with Gasteiger partial charge in [0, 0.05) is 6.08 Å². The lowest BCUT2D eigenvalue weighted by molar-refractivity contribution is -0.137. The topological polar surface area (TPSA) is 38.3 Å². The predicted molar refractivity (Wildman–Crippen MR) is 60.8 cm³/mol. The highest BCUT2D eigenvalue weighted by Crippen LogP contribution is 2.28. The Morgan fingerprint density at radius 2 is 2.22 bits per heavy atom. The Kier molecular flexibility index (Phi) is 4.84. The molecule has 0 saturated heterocycles. The summed E-state index contributed by atoms with van der Waals surface area (Å²) in [5, 5.41) is 2.09. The summed E-state index contributed by atoms with van der Waals surface area (Å²) in [6, 6.07) is 0. The summed E-state index contributed by atoms with van der Waals surface area (Å²) in [4.78, 5) is 11.0. The summed E-state index contributed by atoms with van der Waals surface area (Å²) < 4.78 is 41.7. The zero-order valence-corrected chi connectivity index (χ0v) is 10.2. The minimum Gasteiger partial charge on any atom is -0.463 e. The second-order valence-electron chi connectivity index (χ2n) is 3.34. The number of dihydropyridines is 1. The molecule has 1 N–H and O–H groups in total. The van der Waals surface area contributed by atoms with E-state index in [4.69, 9.17) is 11.6 Å². The van der Waals surface area contributed by atoms with Crippen molar-refractivity contribution in [2.75, 3.05) is 6.61 Å². The van der Waals surface area contributed by atoms with Crippen LogP contribution in [-0.4, -0.2) is 24.3 Å². The summed E-state index contributed by atoms with van der Waals surface area (Å²) in [6.45, 7) is 1.87. The van der Waals surface area contributed by atoms with Gasteiger partial charge in [0.25, 0.3) is 0 Å². The van der Waals surface area contributed by atoms with Gasteiger partial charge in [0.05, 0.1) is 6.61 Å². The maximum absolute atomic E-state index is 12.3. The van der Waals surface area contributed by atoms with E-state index in [0.29, 0.717) is 5.57 Å². The first-order valence-corrected chi connectivity index (χ1v) is 5.52. The summed E-state index contributed by atoms with van der Waals surface area (Å²) in [5.41, 5.74) is -1.62. The Morgan fingerprint density at radius 3 is 2.72 bits per heavy atom. The summed E-state index contributed by atoms with van der Waals surface area (Å²) in [6.07, 6.45) is 0.0155. The first kappa shape index (κ1) is 14.6. The van der Waals surface area contributed by atoms with Crippen LogP contribution in [0.3, 0.4) is 0 Å². The van der Waals surface area contributed by atoms with E-state index < -0.39 is 23.3 Å². The minimum absolute atomic E-state index is 0.225. The van der Waals surface area contributed by atoms with E-state index in [2.05, 4.69) is 10.1 Å². The molecule has 1 unspecified atom stereocenters. The highest BCUT2D eigenvalue weighted by molar-refractivity contribution is 6.22. The standard InChI is InChI=1S/C11H11ClF3NO2/c1-2-18-9(17)6-4-7-3-5-8(11(13,14)15)16-10(7)12/h3-6,10,16H,2H2,1H3/b6-4+. The highest BCUT2D eigenvalue weighted by atomic mass is 35.5. The lowest BCUT2D eigenvalue weighted by Crippen LogP contribution is -2.34. The normalized spacial score (nSPS) is 20.2. The molecule has 1 aliphatic rings. The van der Waals surface area contributed by atoms with Crippen LogP contribution in [-0.2, 0) is 9.53 Å². The molecule has 1 aliphatic heterocycles. The zero-order valence-electron chi connectivity index (χ0n) is 9.42. The van der Waals surface area contributed by atoms with Crippen molar-refractivity contribution in [2.45, 2.75) is 18.6 Å². The van der Waals surface area contributed by atoms with Crippen LogP contribution in [0.25, 0.3) is 0 Å². The van der Waals surface area contributed by atoms with E-state index in [1.165, 1.54) is 12.2 Å². The molecular formula is C11H11ClF3NO2. The molecule has 0 aromatic heterocycles. The second-order valence-corrected chi connectivity index (χ2v) is 3.77. The first-order valence-electron chi connectivity index (χ1n) is 5.09. The van der Waals surface area contributed by atoms with Crippen LogP contribution < -0.4 is 5.32 Å². The molecule has 3 nitrogen and oxygen atoms in total. The van der Waals surface area contributed by atoms with Gasteiger partial charge < -0.3 is 10.1 Å². The first-order chi connectivity index (χ1) is 8.34. The molecule has 1 atom stereocenters. The average Bonchev–Trinajstić information content (AvgIpc) is 2.26. The number of ether oxygens (including phenoxy) is 1. The summed E-state index contributed by atoms with van der Waals surface area (Å²) in [7, 11) is 0. The van der Waals surface area contributed by atoms with E-state index in [-0.39, 0.29) is 6.61 Å². The number of hydrogen-bond donors (Lipinski definition) is 1. The predicted octanol–water partition coefficient (Wildman–Crippen LogP) is 2.65. The Hall–Kier alpha value is -1.43. The van der Waals surface area contributed by atoms with Crippen molar-refractivity contribution >= 4 is 17.6 Å². The molecule has 100 valence electrons. The van der Waals surface area contributed by atoms with Gasteiger partial charge in [-0.15, -0.1) is 0 Å². The fourth-order valence-electron chi connectivity index (χ4n) is 1.20. The molecule has 7 heteroatoms. The van der Waals surface area contributed by atoms with Gasteiger partial charge in [-0.25, -0.2) is 4.79 Å². The van der Waals surface area contributed by atoms with Gasteiger partial charge in [0.15, 0.2) is 0 Å². The molecule has 0 bridgehead atoms. The Balaban J connectivity index is 2.77. The van der Waals surface area contributed by atoms with Gasteiger partial charge in [0.2, 0.25) is 0 Å². The molecule has 0 radical (unpaired) electrons. The van der Waals surface area contributed by atoms with Crippen LogP contribution in [0, 0.1) is 0 Å². The molecule has 18 heavy (non-hydrogen) atoms.